The Morgan fingerprint density at radius 3 is 2.05 bits per heavy atom. The van der Waals surface area contributed by atoms with Crippen LogP contribution in [0.2, 0.25) is 0 Å². The third kappa shape index (κ3) is 7.56. The van der Waals surface area contributed by atoms with E-state index < -0.39 is 0 Å². The van der Waals surface area contributed by atoms with Crippen molar-refractivity contribution in [3.8, 4) is 0 Å². The Labute approximate surface area is 256 Å². The minimum absolute atomic E-state index is 0.147. The minimum Gasteiger partial charge on any atom is -0.351 e. The van der Waals surface area contributed by atoms with Crippen molar-refractivity contribution in [2.24, 2.45) is 7.05 Å². The first-order valence-electron chi connectivity index (χ1n) is 14.6. The van der Waals surface area contributed by atoms with E-state index in [1.165, 1.54) is 15.7 Å². The molecule has 0 radical (unpaired) electrons. The van der Waals surface area contributed by atoms with Gasteiger partial charge in [0.15, 0.2) is 0 Å². The molecule has 0 unspecified atom stereocenters. The van der Waals surface area contributed by atoms with E-state index in [1.54, 1.807) is 43.5 Å². The molecular formula is C37H36N4O3. The second-order valence-corrected chi connectivity index (χ2v) is 10.8. The average molecular weight is 585 g/mol. The number of carbonyl (C=O) groups excluding carboxylic acids is 1. The monoisotopic (exact) mass is 584 g/mol. The molecule has 44 heavy (non-hydrogen) atoms. The van der Waals surface area contributed by atoms with Gasteiger partial charge in [-0.2, -0.15) is 0 Å². The maximum Gasteiger partial charge on any atom is 0.274 e. The number of nitrogens with zero attached hydrogens (tertiary/aromatic N) is 2. The molecule has 7 heteroatoms. The number of hydrogen-bond acceptors (Lipinski definition) is 4. The first-order valence-corrected chi connectivity index (χ1v) is 14.6. The third-order valence-corrected chi connectivity index (χ3v) is 7.62. The number of hydrogen-bond donors (Lipinski definition) is 2. The zero-order valence-electron chi connectivity index (χ0n) is 24.9. The van der Waals surface area contributed by atoms with Gasteiger partial charge in [0, 0.05) is 38.2 Å². The van der Waals surface area contributed by atoms with Gasteiger partial charge in [-0.05, 0) is 53.6 Å². The van der Waals surface area contributed by atoms with Crippen LogP contribution in [0.5, 0.6) is 0 Å². The molecule has 1 heterocycles. The number of amides is 1. The highest BCUT2D eigenvalue weighted by atomic mass is 16.2. The molecule has 5 aromatic rings. The van der Waals surface area contributed by atoms with Crippen molar-refractivity contribution in [2.45, 2.75) is 5.92 Å². The Bertz CT molecular complexity index is 1910. The summed E-state index contributed by atoms with van der Waals surface area (Å²) in [6.45, 7) is 1.97. The van der Waals surface area contributed by atoms with E-state index in [1.807, 2.05) is 42.5 Å². The Hall–Kier alpha value is -5.27. The van der Waals surface area contributed by atoms with E-state index in [9.17, 15) is 14.4 Å². The molecule has 0 aliphatic heterocycles. The van der Waals surface area contributed by atoms with Gasteiger partial charge in [0.25, 0.3) is 17.0 Å². The lowest BCUT2D eigenvalue weighted by Crippen LogP contribution is -2.52. The van der Waals surface area contributed by atoms with Gasteiger partial charge in [0.2, 0.25) is 0 Å². The van der Waals surface area contributed by atoms with Crippen LogP contribution >= 0.6 is 0 Å². The third-order valence-electron chi connectivity index (χ3n) is 7.62. The summed E-state index contributed by atoms with van der Waals surface area (Å²) in [5.74, 6) is 0.0142. The van der Waals surface area contributed by atoms with Gasteiger partial charge in [-0.1, -0.05) is 103 Å². The summed E-state index contributed by atoms with van der Waals surface area (Å²) in [6, 6.07) is 37.3. The largest absolute Gasteiger partial charge is 0.351 e. The summed E-state index contributed by atoms with van der Waals surface area (Å²) in [4.78, 5) is 43.9. The fourth-order valence-corrected chi connectivity index (χ4v) is 5.23. The summed E-state index contributed by atoms with van der Waals surface area (Å²) in [5.41, 5.74) is 3.72. The first kappa shape index (κ1) is 30.2. The second kappa shape index (κ2) is 14.3. The lowest BCUT2D eigenvalue weighted by molar-refractivity contribution is 0.0949. The van der Waals surface area contributed by atoms with Crippen LogP contribution in [0.1, 0.15) is 38.5 Å². The quantitative estimate of drug-likeness (QED) is 0.264. The number of H-pyrrole nitrogens is 1. The zero-order valence-corrected chi connectivity index (χ0v) is 24.9. The number of aromatic nitrogens is 2. The molecule has 0 fully saturated rings. The number of benzene rings is 4. The van der Waals surface area contributed by atoms with Crippen molar-refractivity contribution >= 4 is 18.1 Å². The predicted octanol–water partition coefficient (Wildman–Crippen LogP) is 3.22. The van der Waals surface area contributed by atoms with Crippen LogP contribution in [0.15, 0.2) is 125 Å². The van der Waals surface area contributed by atoms with Crippen LogP contribution in [0.25, 0.3) is 12.2 Å². The van der Waals surface area contributed by atoms with Gasteiger partial charge in [0.1, 0.15) is 10.7 Å². The molecule has 222 valence electrons. The lowest BCUT2D eigenvalue weighted by atomic mass is 9.91. The Kier molecular flexibility index (Phi) is 9.79. The van der Waals surface area contributed by atoms with Crippen LogP contribution in [0, 0.1) is 0 Å². The number of carbonyl (C=O) groups is 1. The second-order valence-electron chi connectivity index (χ2n) is 10.8. The molecule has 0 spiro atoms. The van der Waals surface area contributed by atoms with E-state index in [0.717, 1.165) is 12.1 Å². The molecule has 1 amide bonds. The van der Waals surface area contributed by atoms with Gasteiger partial charge in [-0.25, -0.2) is 0 Å². The Morgan fingerprint density at radius 2 is 1.41 bits per heavy atom. The molecule has 5 rings (SSSR count). The topological polar surface area (TPSA) is 87.2 Å². The lowest BCUT2D eigenvalue weighted by Gasteiger charge is -2.25. The van der Waals surface area contributed by atoms with Crippen molar-refractivity contribution in [1.82, 2.24) is 19.8 Å². The summed E-state index contributed by atoms with van der Waals surface area (Å²) in [5, 5.41) is 3.42. The highest BCUT2D eigenvalue weighted by Gasteiger charge is 2.16. The van der Waals surface area contributed by atoms with Crippen LogP contribution < -0.4 is 27.1 Å². The molecule has 4 aromatic carbocycles. The number of aromatic amines is 1. The summed E-state index contributed by atoms with van der Waals surface area (Å²) < 4.78 is 1.34. The van der Waals surface area contributed by atoms with E-state index in [0.29, 0.717) is 24.2 Å². The molecule has 0 bridgehead atoms. The molecule has 0 atom stereocenters. The van der Waals surface area contributed by atoms with Crippen molar-refractivity contribution in [2.75, 3.05) is 26.7 Å². The maximum absolute atomic E-state index is 13.1. The van der Waals surface area contributed by atoms with Crippen LogP contribution in [-0.2, 0) is 7.05 Å². The molecule has 0 saturated heterocycles. The number of rotatable bonds is 10. The molecule has 7 nitrogen and oxygen atoms in total. The van der Waals surface area contributed by atoms with Crippen LogP contribution in [0.3, 0.4) is 0 Å². The number of likely N-dealkylation sites (N-methyl/N-ethyl adjacent to an activating group) is 1. The SMILES string of the molecule is CN(CCNC(=O)c1cccc(C=c2[nH]c(=O)c(=Cc3ccccc3)n(C)c2=O)c1)CC(c1ccccc1)c1ccccc1. The Morgan fingerprint density at radius 1 is 0.818 bits per heavy atom. The highest BCUT2D eigenvalue weighted by Crippen LogP contribution is 2.25. The summed E-state index contributed by atoms with van der Waals surface area (Å²) in [6.07, 6.45) is 3.27. The Balaban J connectivity index is 1.26. The predicted molar refractivity (Wildman–Crippen MR) is 176 cm³/mol. The molecule has 2 N–H and O–H groups in total. The van der Waals surface area contributed by atoms with E-state index >= 15 is 0 Å². The molecule has 0 aliphatic carbocycles. The van der Waals surface area contributed by atoms with E-state index in [-0.39, 0.29) is 33.6 Å². The van der Waals surface area contributed by atoms with Crippen LogP contribution in [0.4, 0.5) is 0 Å². The standard InChI is InChI=1S/C37H36N4O3/c1-40(26-32(29-16-8-4-9-17-29)30-18-10-5-11-19-30)22-21-38-35(42)31-20-12-15-28(23-31)24-33-37(44)41(2)34(36(43)39-33)25-27-13-6-3-7-14-27/h3-20,23-25,32H,21-22,26H2,1-2H3,(H,38,42)(H,39,43). The highest BCUT2D eigenvalue weighted by molar-refractivity contribution is 5.94. The zero-order chi connectivity index (χ0) is 30.9. The van der Waals surface area contributed by atoms with Gasteiger partial charge in [0.05, 0.1) is 0 Å². The van der Waals surface area contributed by atoms with Gasteiger partial charge in [-0.3, -0.25) is 14.4 Å². The van der Waals surface area contributed by atoms with Crippen molar-refractivity contribution < 1.29 is 4.79 Å². The van der Waals surface area contributed by atoms with E-state index in [4.69, 9.17) is 0 Å². The molecule has 0 aliphatic rings. The van der Waals surface area contributed by atoms with Crippen molar-refractivity contribution in [3.05, 3.63) is 174 Å². The molecular weight excluding hydrogens is 548 g/mol. The van der Waals surface area contributed by atoms with Gasteiger partial charge in [-0.15, -0.1) is 0 Å². The molecule has 0 saturated carbocycles. The normalized spacial score (nSPS) is 12.2. The van der Waals surface area contributed by atoms with Crippen LogP contribution in [-0.4, -0.2) is 47.0 Å². The summed E-state index contributed by atoms with van der Waals surface area (Å²) in [7, 11) is 3.64. The molecule has 1 aromatic heterocycles. The van der Waals surface area contributed by atoms with Crippen molar-refractivity contribution in [3.63, 3.8) is 0 Å². The smallest absolute Gasteiger partial charge is 0.274 e. The van der Waals surface area contributed by atoms with E-state index in [2.05, 4.69) is 70.8 Å². The number of nitrogens with one attached hydrogen (secondary N) is 2. The fraction of sp³-hybridized carbons (Fsp3) is 0.162. The maximum atomic E-state index is 13.1. The average Bonchev–Trinajstić information content (AvgIpc) is 3.06. The summed E-state index contributed by atoms with van der Waals surface area (Å²) >= 11 is 0. The van der Waals surface area contributed by atoms with Crippen molar-refractivity contribution in [1.29, 1.82) is 0 Å². The van der Waals surface area contributed by atoms with Gasteiger partial charge >= 0.3 is 0 Å². The fourth-order valence-electron chi connectivity index (χ4n) is 5.23. The van der Waals surface area contributed by atoms with Gasteiger partial charge < -0.3 is 19.8 Å². The minimum atomic E-state index is -0.373. The first-order chi connectivity index (χ1) is 21.4.